The van der Waals surface area contributed by atoms with Gasteiger partial charge in [-0.2, -0.15) is 4.98 Å². The van der Waals surface area contributed by atoms with Crippen molar-refractivity contribution in [2.45, 2.75) is 13.0 Å². The Labute approximate surface area is 121 Å². The second-order valence-corrected chi connectivity index (χ2v) is 4.75. The van der Waals surface area contributed by atoms with E-state index in [2.05, 4.69) is 20.8 Å². The molecule has 7 heteroatoms. The zero-order valence-corrected chi connectivity index (χ0v) is 11.6. The summed E-state index contributed by atoms with van der Waals surface area (Å²) < 4.78 is 10.6. The summed E-state index contributed by atoms with van der Waals surface area (Å²) in [5.74, 6) is 0.739. The van der Waals surface area contributed by atoms with E-state index in [1.807, 2.05) is 18.2 Å². The van der Waals surface area contributed by atoms with E-state index >= 15 is 0 Å². The summed E-state index contributed by atoms with van der Waals surface area (Å²) in [5, 5.41) is 9.75. The lowest BCUT2D eigenvalue weighted by Crippen LogP contribution is -2.45. The van der Waals surface area contributed by atoms with E-state index in [0.29, 0.717) is 36.1 Å². The number of carbonyl (C=O) groups excluding carboxylic acids is 1. The first kappa shape index (κ1) is 13.7. The number of amides is 1. The SMILES string of the molecule is Cc1noc(-c2ccccc2NC(=O)C2CNCCO2)n1. The van der Waals surface area contributed by atoms with Crippen LogP contribution in [0.1, 0.15) is 5.82 Å². The first-order valence-electron chi connectivity index (χ1n) is 6.77. The molecule has 0 aliphatic carbocycles. The highest BCUT2D eigenvalue weighted by Crippen LogP contribution is 2.26. The van der Waals surface area contributed by atoms with Crippen LogP contribution in [0.2, 0.25) is 0 Å². The number of benzene rings is 1. The van der Waals surface area contributed by atoms with Crippen LogP contribution in [0.3, 0.4) is 0 Å². The van der Waals surface area contributed by atoms with E-state index in [1.165, 1.54) is 0 Å². The van der Waals surface area contributed by atoms with Crippen molar-refractivity contribution in [3.8, 4) is 11.5 Å². The Kier molecular flexibility index (Phi) is 3.94. The Balaban J connectivity index is 1.80. The average molecular weight is 288 g/mol. The number of nitrogens with zero attached hydrogens (tertiary/aromatic N) is 2. The molecule has 21 heavy (non-hydrogen) atoms. The fraction of sp³-hybridized carbons (Fsp3) is 0.357. The molecule has 2 aromatic rings. The van der Waals surface area contributed by atoms with Crippen molar-refractivity contribution in [3.63, 3.8) is 0 Å². The minimum atomic E-state index is -0.490. The lowest BCUT2D eigenvalue weighted by atomic mass is 10.1. The molecule has 1 amide bonds. The van der Waals surface area contributed by atoms with Crippen LogP contribution in [0.25, 0.3) is 11.5 Å². The lowest BCUT2D eigenvalue weighted by Gasteiger charge is -2.23. The molecule has 1 fully saturated rings. The summed E-state index contributed by atoms with van der Waals surface area (Å²) in [7, 11) is 0. The van der Waals surface area contributed by atoms with Crippen molar-refractivity contribution in [2.24, 2.45) is 0 Å². The normalized spacial score (nSPS) is 18.4. The van der Waals surface area contributed by atoms with Gasteiger partial charge in [-0.1, -0.05) is 17.3 Å². The minimum Gasteiger partial charge on any atom is -0.366 e. The van der Waals surface area contributed by atoms with E-state index < -0.39 is 6.10 Å². The number of carbonyl (C=O) groups is 1. The number of rotatable bonds is 3. The summed E-state index contributed by atoms with van der Waals surface area (Å²) in [6.45, 7) is 3.55. The number of anilines is 1. The maximum absolute atomic E-state index is 12.2. The Morgan fingerprint density at radius 2 is 2.29 bits per heavy atom. The molecule has 1 atom stereocenters. The Hall–Kier alpha value is -2.25. The second-order valence-electron chi connectivity index (χ2n) is 4.75. The van der Waals surface area contributed by atoms with Gasteiger partial charge in [0.1, 0.15) is 6.10 Å². The van der Waals surface area contributed by atoms with Crippen molar-refractivity contribution in [1.29, 1.82) is 0 Å². The van der Waals surface area contributed by atoms with Gasteiger partial charge in [-0.05, 0) is 19.1 Å². The highest BCUT2D eigenvalue weighted by molar-refractivity contribution is 5.97. The fourth-order valence-corrected chi connectivity index (χ4v) is 2.13. The summed E-state index contributed by atoms with van der Waals surface area (Å²) in [6, 6.07) is 7.30. The van der Waals surface area contributed by atoms with Gasteiger partial charge >= 0.3 is 0 Å². The highest BCUT2D eigenvalue weighted by atomic mass is 16.5. The number of hydrogen-bond donors (Lipinski definition) is 2. The molecule has 0 saturated carbocycles. The third-order valence-electron chi connectivity index (χ3n) is 3.16. The molecule has 1 saturated heterocycles. The smallest absolute Gasteiger partial charge is 0.260 e. The predicted octanol–water partition coefficient (Wildman–Crippen LogP) is 0.972. The van der Waals surface area contributed by atoms with Gasteiger partial charge in [0.25, 0.3) is 11.8 Å². The molecule has 0 spiro atoms. The summed E-state index contributed by atoms with van der Waals surface area (Å²) in [5.41, 5.74) is 1.32. The summed E-state index contributed by atoms with van der Waals surface area (Å²) >= 11 is 0. The number of aromatic nitrogens is 2. The molecule has 1 aliphatic rings. The van der Waals surface area contributed by atoms with Gasteiger partial charge in [0.15, 0.2) is 5.82 Å². The molecule has 0 bridgehead atoms. The third-order valence-corrected chi connectivity index (χ3v) is 3.16. The molecule has 3 rings (SSSR count). The number of aryl methyl sites for hydroxylation is 1. The molecule has 2 heterocycles. The van der Waals surface area contributed by atoms with Gasteiger partial charge < -0.3 is 19.9 Å². The van der Waals surface area contributed by atoms with Crippen LogP contribution in [-0.2, 0) is 9.53 Å². The van der Waals surface area contributed by atoms with E-state index in [4.69, 9.17) is 9.26 Å². The van der Waals surface area contributed by atoms with E-state index in [-0.39, 0.29) is 5.91 Å². The number of para-hydroxylation sites is 1. The molecule has 1 aromatic carbocycles. The first-order chi connectivity index (χ1) is 10.2. The van der Waals surface area contributed by atoms with Crippen LogP contribution < -0.4 is 10.6 Å². The van der Waals surface area contributed by atoms with Crippen LogP contribution >= 0.6 is 0 Å². The molecular formula is C14H16N4O3. The summed E-state index contributed by atoms with van der Waals surface area (Å²) in [4.78, 5) is 16.4. The maximum Gasteiger partial charge on any atom is 0.260 e. The Bertz CT molecular complexity index is 635. The standard InChI is InChI=1S/C14H16N4O3/c1-9-16-14(21-18-9)10-4-2-3-5-11(10)17-13(19)12-8-15-6-7-20-12/h2-5,12,15H,6-8H2,1H3,(H,17,19). The third kappa shape index (κ3) is 3.09. The Morgan fingerprint density at radius 3 is 3.00 bits per heavy atom. The second kappa shape index (κ2) is 6.02. The van der Waals surface area contributed by atoms with E-state index in [1.54, 1.807) is 13.0 Å². The molecule has 110 valence electrons. The number of ether oxygens (including phenoxy) is 1. The minimum absolute atomic E-state index is 0.189. The number of morpholine rings is 1. The fourth-order valence-electron chi connectivity index (χ4n) is 2.13. The molecule has 1 aromatic heterocycles. The lowest BCUT2D eigenvalue weighted by molar-refractivity contribution is -0.128. The quantitative estimate of drug-likeness (QED) is 0.875. The maximum atomic E-state index is 12.2. The topological polar surface area (TPSA) is 89.3 Å². The molecule has 1 unspecified atom stereocenters. The molecule has 0 radical (unpaired) electrons. The van der Waals surface area contributed by atoms with Crippen LogP contribution in [0, 0.1) is 6.92 Å². The van der Waals surface area contributed by atoms with Gasteiger partial charge in [0.05, 0.1) is 17.9 Å². The Morgan fingerprint density at radius 1 is 1.43 bits per heavy atom. The van der Waals surface area contributed by atoms with Crippen molar-refractivity contribution in [2.75, 3.05) is 25.0 Å². The zero-order valence-electron chi connectivity index (χ0n) is 11.6. The molecular weight excluding hydrogens is 272 g/mol. The molecule has 2 N–H and O–H groups in total. The zero-order chi connectivity index (χ0) is 14.7. The first-order valence-corrected chi connectivity index (χ1v) is 6.77. The van der Waals surface area contributed by atoms with Crippen LogP contribution in [-0.4, -0.2) is 41.8 Å². The van der Waals surface area contributed by atoms with Gasteiger partial charge in [0, 0.05) is 13.1 Å². The predicted molar refractivity (Wildman–Crippen MR) is 75.7 cm³/mol. The van der Waals surface area contributed by atoms with Gasteiger partial charge in [-0.3, -0.25) is 4.79 Å². The molecule has 1 aliphatic heterocycles. The van der Waals surface area contributed by atoms with Gasteiger partial charge in [0.2, 0.25) is 0 Å². The molecule has 7 nitrogen and oxygen atoms in total. The van der Waals surface area contributed by atoms with Gasteiger partial charge in [-0.25, -0.2) is 0 Å². The summed E-state index contributed by atoms with van der Waals surface area (Å²) in [6.07, 6.45) is -0.490. The van der Waals surface area contributed by atoms with Crippen LogP contribution in [0.5, 0.6) is 0 Å². The largest absolute Gasteiger partial charge is 0.366 e. The monoisotopic (exact) mass is 288 g/mol. The number of nitrogens with one attached hydrogen (secondary N) is 2. The van der Waals surface area contributed by atoms with Crippen molar-refractivity contribution in [1.82, 2.24) is 15.5 Å². The highest BCUT2D eigenvalue weighted by Gasteiger charge is 2.23. The van der Waals surface area contributed by atoms with E-state index in [9.17, 15) is 4.79 Å². The van der Waals surface area contributed by atoms with E-state index in [0.717, 1.165) is 6.54 Å². The van der Waals surface area contributed by atoms with Crippen molar-refractivity contribution in [3.05, 3.63) is 30.1 Å². The van der Waals surface area contributed by atoms with Crippen molar-refractivity contribution >= 4 is 11.6 Å². The van der Waals surface area contributed by atoms with Crippen LogP contribution in [0.4, 0.5) is 5.69 Å². The van der Waals surface area contributed by atoms with Crippen molar-refractivity contribution < 1.29 is 14.1 Å². The van der Waals surface area contributed by atoms with Crippen LogP contribution in [0.15, 0.2) is 28.8 Å². The van der Waals surface area contributed by atoms with Gasteiger partial charge in [-0.15, -0.1) is 0 Å². The average Bonchev–Trinajstić information content (AvgIpc) is 2.95. The number of hydrogen-bond acceptors (Lipinski definition) is 6.